The van der Waals surface area contributed by atoms with Crippen molar-refractivity contribution in [1.29, 1.82) is 0 Å². The number of ketones is 1. The van der Waals surface area contributed by atoms with Gasteiger partial charge >= 0.3 is 11.9 Å². The lowest BCUT2D eigenvalue weighted by atomic mass is 9.96. The number of carbonyl (C=O) groups excluding carboxylic acids is 3. The van der Waals surface area contributed by atoms with Gasteiger partial charge in [0.1, 0.15) is 6.10 Å². The van der Waals surface area contributed by atoms with Gasteiger partial charge in [-0.2, -0.15) is 0 Å². The van der Waals surface area contributed by atoms with E-state index in [1.807, 2.05) is 6.92 Å². The zero-order valence-corrected chi connectivity index (χ0v) is 12.4. The van der Waals surface area contributed by atoms with Gasteiger partial charge in [-0.1, -0.05) is 25.2 Å². The Kier molecular flexibility index (Phi) is 9.00. The molecular formula is C15H22O5. The summed E-state index contributed by atoms with van der Waals surface area (Å²) in [6.45, 7) is 6.23. The molecule has 0 heterocycles. The third-order valence-electron chi connectivity index (χ3n) is 2.60. The van der Waals surface area contributed by atoms with Gasteiger partial charge in [-0.3, -0.25) is 14.4 Å². The average molecular weight is 282 g/mol. The van der Waals surface area contributed by atoms with E-state index < -0.39 is 24.0 Å². The second-order valence-electron chi connectivity index (χ2n) is 4.35. The Labute approximate surface area is 119 Å². The number of ether oxygens (including phenoxy) is 2. The maximum Gasteiger partial charge on any atom is 0.302 e. The zero-order valence-electron chi connectivity index (χ0n) is 12.4. The fourth-order valence-electron chi connectivity index (χ4n) is 1.54. The summed E-state index contributed by atoms with van der Waals surface area (Å²) >= 11 is 0. The van der Waals surface area contributed by atoms with E-state index in [1.54, 1.807) is 25.2 Å². The van der Waals surface area contributed by atoms with Crippen LogP contribution in [0.25, 0.3) is 0 Å². The van der Waals surface area contributed by atoms with Crippen molar-refractivity contribution in [2.45, 2.75) is 40.2 Å². The molecule has 0 aromatic rings. The monoisotopic (exact) mass is 282 g/mol. The van der Waals surface area contributed by atoms with Crippen LogP contribution in [0.5, 0.6) is 0 Å². The maximum absolute atomic E-state index is 11.9. The quantitative estimate of drug-likeness (QED) is 0.388. The summed E-state index contributed by atoms with van der Waals surface area (Å²) in [4.78, 5) is 33.7. The number of hydrogen-bond acceptors (Lipinski definition) is 5. The third kappa shape index (κ3) is 8.24. The largest absolute Gasteiger partial charge is 0.466 e. The number of carbonyl (C=O) groups is 3. The molecule has 0 fully saturated rings. The van der Waals surface area contributed by atoms with Crippen molar-refractivity contribution in [3.8, 4) is 0 Å². The lowest BCUT2D eigenvalue weighted by molar-refractivity contribution is -0.152. The number of rotatable bonds is 8. The number of hydrogen-bond donors (Lipinski definition) is 0. The van der Waals surface area contributed by atoms with E-state index in [0.717, 1.165) is 0 Å². The molecule has 0 spiro atoms. The molecule has 0 aromatic carbocycles. The molecule has 112 valence electrons. The van der Waals surface area contributed by atoms with E-state index in [4.69, 9.17) is 9.47 Å². The van der Waals surface area contributed by atoms with Crippen LogP contribution < -0.4 is 0 Å². The predicted octanol–water partition coefficient (Wildman–Crippen LogP) is 2.21. The molecule has 0 saturated heterocycles. The summed E-state index contributed by atoms with van der Waals surface area (Å²) in [6, 6.07) is 0. The number of allylic oxidation sites excluding steroid dienone is 4. The Morgan fingerprint density at radius 3 is 2.25 bits per heavy atom. The highest BCUT2D eigenvalue weighted by molar-refractivity contribution is 5.92. The molecule has 0 saturated carbocycles. The molecule has 2 unspecified atom stereocenters. The fourth-order valence-corrected chi connectivity index (χ4v) is 1.54. The van der Waals surface area contributed by atoms with Crippen LogP contribution in [0.15, 0.2) is 24.3 Å². The van der Waals surface area contributed by atoms with Gasteiger partial charge in [0.25, 0.3) is 0 Å². The molecule has 5 nitrogen and oxygen atoms in total. The predicted molar refractivity (Wildman–Crippen MR) is 74.9 cm³/mol. The number of esters is 2. The Morgan fingerprint density at radius 1 is 1.10 bits per heavy atom. The zero-order chi connectivity index (χ0) is 15.5. The molecule has 0 aliphatic carbocycles. The van der Waals surface area contributed by atoms with E-state index in [2.05, 4.69) is 0 Å². The third-order valence-corrected chi connectivity index (χ3v) is 2.60. The summed E-state index contributed by atoms with van der Waals surface area (Å²) in [5.41, 5.74) is 0. The fraction of sp³-hybridized carbons (Fsp3) is 0.533. The first-order chi connectivity index (χ1) is 9.38. The molecule has 0 aromatic heterocycles. The Hall–Kier alpha value is -1.91. The van der Waals surface area contributed by atoms with Crippen molar-refractivity contribution in [1.82, 2.24) is 0 Å². The van der Waals surface area contributed by atoms with Crippen LogP contribution >= 0.6 is 0 Å². The lowest BCUT2D eigenvalue weighted by Gasteiger charge is -2.21. The first-order valence-corrected chi connectivity index (χ1v) is 6.52. The van der Waals surface area contributed by atoms with Crippen molar-refractivity contribution < 1.29 is 23.9 Å². The van der Waals surface area contributed by atoms with Gasteiger partial charge in [0, 0.05) is 20.3 Å². The molecule has 20 heavy (non-hydrogen) atoms. The molecule has 0 N–H and O–H groups in total. The highest BCUT2D eigenvalue weighted by Gasteiger charge is 2.25. The highest BCUT2D eigenvalue weighted by Crippen LogP contribution is 2.14. The topological polar surface area (TPSA) is 69.7 Å². The standard InChI is InChI=1S/C15H22O5/c1-5-6-7-8-14(18)11(2)15(20-13(4)17)9-10-19-12(3)16/h5-8,11,15H,9-10H2,1-4H3/b6-5+,8-7+. The summed E-state index contributed by atoms with van der Waals surface area (Å²) in [6.07, 6.45) is 6.31. The van der Waals surface area contributed by atoms with Crippen LogP contribution in [0.1, 0.15) is 34.1 Å². The van der Waals surface area contributed by atoms with E-state index in [-0.39, 0.29) is 12.4 Å². The Balaban J connectivity index is 4.61. The summed E-state index contributed by atoms with van der Waals surface area (Å²) < 4.78 is 9.93. The lowest BCUT2D eigenvalue weighted by Crippen LogP contribution is -2.30. The van der Waals surface area contributed by atoms with E-state index in [0.29, 0.717) is 6.42 Å². The van der Waals surface area contributed by atoms with E-state index >= 15 is 0 Å². The van der Waals surface area contributed by atoms with Crippen molar-refractivity contribution in [2.24, 2.45) is 5.92 Å². The van der Waals surface area contributed by atoms with Gasteiger partial charge in [-0.25, -0.2) is 0 Å². The molecular weight excluding hydrogens is 260 g/mol. The smallest absolute Gasteiger partial charge is 0.302 e. The molecule has 2 atom stereocenters. The summed E-state index contributed by atoms with van der Waals surface area (Å²) in [5, 5.41) is 0. The van der Waals surface area contributed by atoms with Gasteiger partial charge in [0.2, 0.25) is 0 Å². The van der Waals surface area contributed by atoms with Gasteiger partial charge in [-0.15, -0.1) is 0 Å². The van der Waals surface area contributed by atoms with Crippen molar-refractivity contribution in [3.05, 3.63) is 24.3 Å². The Morgan fingerprint density at radius 2 is 1.75 bits per heavy atom. The first kappa shape index (κ1) is 18.1. The molecule has 0 radical (unpaired) electrons. The van der Waals surface area contributed by atoms with Crippen LogP contribution in [0.4, 0.5) is 0 Å². The average Bonchev–Trinajstić information content (AvgIpc) is 2.36. The molecule has 0 bridgehead atoms. The second-order valence-corrected chi connectivity index (χ2v) is 4.35. The van der Waals surface area contributed by atoms with E-state index in [9.17, 15) is 14.4 Å². The highest BCUT2D eigenvalue weighted by atomic mass is 16.6. The van der Waals surface area contributed by atoms with Gasteiger partial charge in [0.15, 0.2) is 5.78 Å². The molecule has 0 aliphatic heterocycles. The first-order valence-electron chi connectivity index (χ1n) is 6.52. The maximum atomic E-state index is 11.9. The molecule has 5 heteroatoms. The van der Waals surface area contributed by atoms with Crippen LogP contribution in [-0.2, 0) is 23.9 Å². The van der Waals surface area contributed by atoms with Gasteiger partial charge < -0.3 is 9.47 Å². The second kappa shape index (κ2) is 9.95. The van der Waals surface area contributed by atoms with E-state index in [1.165, 1.54) is 19.9 Å². The van der Waals surface area contributed by atoms with Crippen LogP contribution in [0.2, 0.25) is 0 Å². The van der Waals surface area contributed by atoms with Gasteiger partial charge in [-0.05, 0) is 13.0 Å². The minimum Gasteiger partial charge on any atom is -0.466 e. The minimum atomic E-state index is -0.602. The molecule has 0 rings (SSSR count). The normalized spacial score (nSPS) is 14.2. The van der Waals surface area contributed by atoms with Crippen molar-refractivity contribution in [3.63, 3.8) is 0 Å². The Bertz CT molecular complexity index is 395. The minimum absolute atomic E-state index is 0.115. The van der Waals surface area contributed by atoms with Crippen LogP contribution in [-0.4, -0.2) is 30.4 Å². The van der Waals surface area contributed by atoms with Gasteiger partial charge in [0.05, 0.1) is 12.5 Å². The van der Waals surface area contributed by atoms with Crippen molar-refractivity contribution in [2.75, 3.05) is 6.61 Å². The SMILES string of the molecule is C/C=C/C=C/C(=O)C(C)C(CCOC(C)=O)OC(C)=O. The summed E-state index contributed by atoms with van der Waals surface area (Å²) in [5.74, 6) is -1.50. The molecule has 0 amide bonds. The van der Waals surface area contributed by atoms with Crippen molar-refractivity contribution >= 4 is 17.7 Å². The molecule has 0 aliphatic rings. The van der Waals surface area contributed by atoms with Crippen LogP contribution in [0, 0.1) is 5.92 Å². The summed E-state index contributed by atoms with van der Waals surface area (Å²) in [7, 11) is 0. The van der Waals surface area contributed by atoms with Crippen LogP contribution in [0.3, 0.4) is 0 Å².